The number of benzene rings is 1. The van der Waals surface area contributed by atoms with Crippen molar-refractivity contribution in [1.29, 1.82) is 5.26 Å². The summed E-state index contributed by atoms with van der Waals surface area (Å²) in [6, 6.07) is 7.93. The molecule has 0 radical (unpaired) electrons. The van der Waals surface area contributed by atoms with Gasteiger partial charge < -0.3 is 10.5 Å². The number of rotatable bonds is 1. The van der Waals surface area contributed by atoms with Crippen LogP contribution in [0.5, 0.6) is 5.88 Å². The Kier molecular flexibility index (Phi) is 5.19. The van der Waals surface area contributed by atoms with Crippen LogP contribution < -0.4 is 10.5 Å². The number of fused-ring (bicyclic) bond motifs is 5. The van der Waals surface area contributed by atoms with Gasteiger partial charge in [0.05, 0.1) is 23.1 Å². The normalized spacial score (nSPS) is 18.1. The predicted molar refractivity (Wildman–Crippen MR) is 115 cm³/mol. The van der Waals surface area contributed by atoms with E-state index in [-0.39, 0.29) is 23.4 Å². The van der Waals surface area contributed by atoms with Crippen molar-refractivity contribution in [3.8, 4) is 23.2 Å². The fraction of sp³-hybridized carbons (Fsp3) is 0.348. The van der Waals surface area contributed by atoms with E-state index in [1.807, 2.05) is 39.0 Å². The number of ketones is 1. The fourth-order valence-electron chi connectivity index (χ4n) is 4.06. The third-order valence-corrected chi connectivity index (χ3v) is 5.75. The van der Waals surface area contributed by atoms with Gasteiger partial charge in [-0.15, -0.1) is 0 Å². The number of nitrogens with zero attached hydrogens (tertiary/aromatic N) is 5. The van der Waals surface area contributed by atoms with Gasteiger partial charge in [-0.2, -0.15) is 10.4 Å². The number of Topliss-reactive ketones (excluding diaryl/α,β-unsaturated/α-hetero) is 1. The summed E-state index contributed by atoms with van der Waals surface area (Å²) in [4.78, 5) is 22.4. The van der Waals surface area contributed by atoms with E-state index in [0.29, 0.717) is 41.1 Å². The smallest absolute Gasteiger partial charge is 0.258 e. The Bertz CT molecular complexity index is 1220. The monoisotopic (exact) mass is 416 g/mol. The van der Waals surface area contributed by atoms with E-state index in [1.54, 1.807) is 7.05 Å². The van der Waals surface area contributed by atoms with E-state index in [9.17, 15) is 10.1 Å². The number of nitrogens with two attached hydrogens (primary N) is 1. The molecule has 3 aromatic rings. The minimum absolute atomic E-state index is 0.0337. The number of aryl methyl sites for hydroxylation is 2. The molecule has 1 aromatic carbocycles. The van der Waals surface area contributed by atoms with Crippen LogP contribution >= 0.6 is 0 Å². The van der Waals surface area contributed by atoms with Gasteiger partial charge in [-0.1, -0.05) is 30.7 Å². The van der Waals surface area contributed by atoms with Crippen molar-refractivity contribution in [3.63, 3.8) is 0 Å². The van der Waals surface area contributed by atoms with E-state index in [2.05, 4.69) is 21.1 Å². The lowest BCUT2D eigenvalue weighted by molar-refractivity contribution is 0.0910. The number of ether oxygens (including phenoxy) is 1. The summed E-state index contributed by atoms with van der Waals surface area (Å²) < 4.78 is 7.61. The molecule has 2 aromatic heterocycles. The number of carbonyl (C=O) groups is 1. The first-order valence-corrected chi connectivity index (χ1v) is 10.2. The van der Waals surface area contributed by atoms with Gasteiger partial charge in [0.15, 0.2) is 11.6 Å². The lowest BCUT2D eigenvalue weighted by Gasteiger charge is -2.22. The largest absolute Gasteiger partial charge is 0.467 e. The number of aromatic nitrogens is 4. The van der Waals surface area contributed by atoms with Gasteiger partial charge >= 0.3 is 0 Å². The highest BCUT2D eigenvalue weighted by molar-refractivity contribution is 5.99. The van der Waals surface area contributed by atoms with Gasteiger partial charge in [0.1, 0.15) is 17.9 Å². The van der Waals surface area contributed by atoms with E-state index >= 15 is 0 Å². The van der Waals surface area contributed by atoms with Crippen molar-refractivity contribution in [2.75, 3.05) is 5.73 Å². The van der Waals surface area contributed by atoms with E-state index in [4.69, 9.17) is 10.5 Å². The highest BCUT2D eigenvalue weighted by atomic mass is 16.5. The molecule has 158 valence electrons. The zero-order valence-electron chi connectivity index (χ0n) is 18.0. The molecule has 2 atom stereocenters. The SMILES string of the molecule is CCC1Cc2nn(C)c(C#N)c2-c2cnc(N)c(n2)O[C@H](C)c2cc(C)ccc2C1=O. The molecule has 31 heavy (non-hydrogen) atoms. The number of nitriles is 1. The standard InChI is InChI=1S/C23H24N6O2/c1-5-14-9-17-20(19(10-24)29(4)28-17)18-11-26-22(25)23(27-18)31-13(3)16-8-12(2)6-7-15(16)21(14)30/h6-8,11,13-14H,5,9H2,1-4H3,(H2,25,26)/t13-,14?/m1/s1. The lowest BCUT2D eigenvalue weighted by atomic mass is 9.86. The van der Waals surface area contributed by atoms with Crippen molar-refractivity contribution in [3.05, 3.63) is 52.5 Å². The molecule has 4 rings (SSSR count). The topological polar surface area (TPSA) is 120 Å². The molecule has 0 spiro atoms. The average molecular weight is 416 g/mol. The van der Waals surface area contributed by atoms with Gasteiger partial charge in [-0.25, -0.2) is 9.97 Å². The molecule has 1 aliphatic heterocycles. The van der Waals surface area contributed by atoms with Crippen LogP contribution in [0, 0.1) is 24.2 Å². The Labute approximate surface area is 180 Å². The Morgan fingerprint density at radius 3 is 2.87 bits per heavy atom. The van der Waals surface area contributed by atoms with Crippen LogP contribution in [0.4, 0.5) is 5.82 Å². The maximum atomic E-state index is 13.6. The summed E-state index contributed by atoms with van der Waals surface area (Å²) in [6.07, 6.45) is 2.08. The summed E-state index contributed by atoms with van der Waals surface area (Å²) in [5, 5.41) is 14.3. The first-order chi connectivity index (χ1) is 14.8. The molecule has 0 fully saturated rings. The zero-order chi connectivity index (χ0) is 22.3. The summed E-state index contributed by atoms with van der Waals surface area (Å²) in [5.74, 6) is 0.0422. The summed E-state index contributed by atoms with van der Waals surface area (Å²) in [5.41, 5.74) is 10.5. The fourth-order valence-corrected chi connectivity index (χ4v) is 4.06. The maximum absolute atomic E-state index is 13.6. The highest BCUT2D eigenvalue weighted by Gasteiger charge is 2.29. The first-order valence-electron chi connectivity index (χ1n) is 10.2. The van der Waals surface area contributed by atoms with Crippen molar-refractivity contribution >= 4 is 11.6 Å². The summed E-state index contributed by atoms with van der Waals surface area (Å²) in [6.45, 7) is 5.82. The number of hydrogen-bond acceptors (Lipinski definition) is 7. The minimum Gasteiger partial charge on any atom is -0.467 e. The van der Waals surface area contributed by atoms with Crippen LogP contribution in [0.3, 0.4) is 0 Å². The molecule has 1 aliphatic rings. The minimum atomic E-state index is -0.466. The van der Waals surface area contributed by atoms with Gasteiger partial charge in [0.25, 0.3) is 5.88 Å². The molecule has 1 unspecified atom stereocenters. The molecule has 0 aliphatic carbocycles. The van der Waals surface area contributed by atoms with Gasteiger partial charge in [-0.3, -0.25) is 9.48 Å². The van der Waals surface area contributed by atoms with Gasteiger partial charge in [0, 0.05) is 30.5 Å². The Morgan fingerprint density at radius 2 is 2.16 bits per heavy atom. The molecular weight excluding hydrogens is 392 g/mol. The molecule has 8 heteroatoms. The number of anilines is 1. The van der Waals surface area contributed by atoms with Crippen LogP contribution in [0.25, 0.3) is 11.3 Å². The van der Waals surface area contributed by atoms with Crippen LogP contribution in [-0.4, -0.2) is 25.5 Å². The third kappa shape index (κ3) is 3.52. The molecular formula is C23H24N6O2. The molecule has 0 amide bonds. The lowest BCUT2D eigenvalue weighted by Crippen LogP contribution is -2.21. The van der Waals surface area contributed by atoms with Crippen LogP contribution in [0.2, 0.25) is 0 Å². The first kappa shape index (κ1) is 20.5. The van der Waals surface area contributed by atoms with Crippen molar-refractivity contribution in [2.24, 2.45) is 13.0 Å². The molecule has 2 N–H and O–H groups in total. The van der Waals surface area contributed by atoms with Crippen LogP contribution in [0.15, 0.2) is 24.4 Å². The summed E-state index contributed by atoms with van der Waals surface area (Å²) in [7, 11) is 1.70. The quantitative estimate of drug-likeness (QED) is 0.644. The second-order valence-corrected chi connectivity index (χ2v) is 7.88. The second kappa shape index (κ2) is 7.84. The average Bonchev–Trinajstić information content (AvgIpc) is 3.07. The molecule has 8 nitrogen and oxygen atoms in total. The van der Waals surface area contributed by atoms with Crippen molar-refractivity contribution in [1.82, 2.24) is 19.7 Å². The third-order valence-electron chi connectivity index (χ3n) is 5.75. The Balaban J connectivity index is 1.99. The van der Waals surface area contributed by atoms with Crippen molar-refractivity contribution < 1.29 is 9.53 Å². The molecule has 0 saturated heterocycles. The second-order valence-electron chi connectivity index (χ2n) is 7.88. The van der Waals surface area contributed by atoms with Crippen LogP contribution in [-0.2, 0) is 13.5 Å². The van der Waals surface area contributed by atoms with E-state index in [0.717, 1.165) is 11.1 Å². The van der Waals surface area contributed by atoms with Gasteiger partial charge in [-0.05, 0) is 20.3 Å². The maximum Gasteiger partial charge on any atom is 0.258 e. The van der Waals surface area contributed by atoms with Crippen LogP contribution in [0.1, 0.15) is 59.2 Å². The van der Waals surface area contributed by atoms with E-state index in [1.165, 1.54) is 10.9 Å². The molecule has 0 saturated carbocycles. The zero-order valence-corrected chi connectivity index (χ0v) is 18.0. The van der Waals surface area contributed by atoms with E-state index < -0.39 is 6.10 Å². The number of nitrogen functional groups attached to an aromatic ring is 1. The Hall–Kier alpha value is -3.73. The molecule has 2 bridgehead atoms. The number of hydrogen-bond donors (Lipinski definition) is 1. The Morgan fingerprint density at radius 1 is 1.39 bits per heavy atom. The number of carbonyl (C=O) groups excluding carboxylic acids is 1. The summed E-state index contributed by atoms with van der Waals surface area (Å²) >= 11 is 0. The van der Waals surface area contributed by atoms with Gasteiger partial charge in [0.2, 0.25) is 0 Å². The van der Waals surface area contributed by atoms with Crippen molar-refractivity contribution in [2.45, 2.75) is 39.7 Å². The molecule has 3 heterocycles. The highest BCUT2D eigenvalue weighted by Crippen LogP contribution is 2.35. The predicted octanol–water partition coefficient (Wildman–Crippen LogP) is 3.54.